The predicted molar refractivity (Wildman–Crippen MR) is 82.2 cm³/mol. The lowest BCUT2D eigenvalue weighted by Crippen LogP contribution is -2.30. The Balaban J connectivity index is 1.99. The summed E-state index contributed by atoms with van der Waals surface area (Å²) in [5, 5.41) is 12.3. The zero-order valence-electron chi connectivity index (χ0n) is 12.1. The van der Waals surface area contributed by atoms with Crippen LogP contribution in [0, 0.1) is 0 Å². The van der Waals surface area contributed by atoms with E-state index in [0.29, 0.717) is 5.75 Å². The van der Waals surface area contributed by atoms with Gasteiger partial charge in [-0.25, -0.2) is 0 Å². The Morgan fingerprint density at radius 3 is 2.48 bits per heavy atom. The average molecular weight is 285 g/mol. The fraction of sp³-hybridized carbons (Fsp3) is 0.235. The summed E-state index contributed by atoms with van der Waals surface area (Å²) in [7, 11) is 0. The molecule has 2 N–H and O–H groups in total. The fourth-order valence-corrected chi connectivity index (χ4v) is 1.87. The predicted octanol–water partition coefficient (Wildman–Crippen LogP) is 3.15. The van der Waals surface area contributed by atoms with Crippen LogP contribution in [-0.4, -0.2) is 17.1 Å². The van der Waals surface area contributed by atoms with Gasteiger partial charge in [0.05, 0.1) is 6.10 Å². The number of anilines is 1. The molecule has 2 rings (SSSR count). The van der Waals surface area contributed by atoms with Crippen LogP contribution in [0.3, 0.4) is 0 Å². The Hall–Kier alpha value is -2.33. The van der Waals surface area contributed by atoms with E-state index in [2.05, 4.69) is 5.32 Å². The molecule has 2 aromatic rings. The highest BCUT2D eigenvalue weighted by Gasteiger charge is 2.15. The highest BCUT2D eigenvalue weighted by atomic mass is 16.5. The highest BCUT2D eigenvalue weighted by Crippen LogP contribution is 2.20. The molecule has 0 spiro atoms. The first-order chi connectivity index (χ1) is 10.1. The number of hydrogen-bond donors (Lipinski definition) is 2. The normalized spacial score (nSPS) is 13.3. The maximum absolute atomic E-state index is 12.1. The standard InChI is InChI=1S/C17H19NO3/c1-12(19)14-7-6-10-16(11-14)21-13(2)17(20)18-15-8-4-3-5-9-15/h3-13,19H,1-2H3,(H,18,20). The molecule has 110 valence electrons. The van der Waals surface area contributed by atoms with E-state index in [1.807, 2.05) is 36.4 Å². The van der Waals surface area contributed by atoms with Crippen molar-refractivity contribution >= 4 is 11.6 Å². The SMILES string of the molecule is CC(Oc1cccc(C(C)O)c1)C(=O)Nc1ccccc1. The van der Waals surface area contributed by atoms with Crippen LogP contribution in [0.4, 0.5) is 5.69 Å². The molecular formula is C17H19NO3. The van der Waals surface area contributed by atoms with Crippen LogP contribution >= 0.6 is 0 Å². The van der Waals surface area contributed by atoms with Crippen molar-refractivity contribution in [3.05, 3.63) is 60.2 Å². The summed E-state index contributed by atoms with van der Waals surface area (Å²) in [5.41, 5.74) is 1.49. The van der Waals surface area contributed by atoms with Gasteiger partial charge in [-0.05, 0) is 43.7 Å². The molecule has 0 radical (unpaired) electrons. The molecule has 2 atom stereocenters. The molecule has 4 heteroatoms. The van der Waals surface area contributed by atoms with Crippen molar-refractivity contribution in [3.63, 3.8) is 0 Å². The Morgan fingerprint density at radius 1 is 1.10 bits per heavy atom. The topological polar surface area (TPSA) is 58.6 Å². The number of nitrogens with one attached hydrogen (secondary N) is 1. The Kier molecular flexibility index (Phi) is 4.95. The first kappa shape index (κ1) is 15.1. The minimum atomic E-state index is -0.630. The number of rotatable bonds is 5. The highest BCUT2D eigenvalue weighted by molar-refractivity contribution is 5.94. The zero-order valence-corrected chi connectivity index (χ0v) is 12.1. The molecule has 0 aliphatic carbocycles. The van der Waals surface area contributed by atoms with Crippen LogP contribution in [-0.2, 0) is 4.79 Å². The van der Waals surface area contributed by atoms with Crippen molar-refractivity contribution in [3.8, 4) is 5.75 Å². The molecule has 0 aromatic heterocycles. The minimum absolute atomic E-state index is 0.219. The average Bonchev–Trinajstić information content (AvgIpc) is 2.48. The Labute approximate surface area is 124 Å². The summed E-state index contributed by atoms with van der Waals surface area (Å²) < 4.78 is 5.62. The molecule has 0 heterocycles. The second kappa shape index (κ2) is 6.90. The summed E-state index contributed by atoms with van der Waals surface area (Å²) in [6.07, 6.45) is -1.20. The van der Waals surface area contributed by atoms with E-state index in [-0.39, 0.29) is 5.91 Å². The molecule has 0 aliphatic heterocycles. The van der Waals surface area contributed by atoms with Crippen LogP contribution in [0.1, 0.15) is 25.5 Å². The maximum Gasteiger partial charge on any atom is 0.265 e. The smallest absolute Gasteiger partial charge is 0.265 e. The third-order valence-electron chi connectivity index (χ3n) is 3.06. The van der Waals surface area contributed by atoms with Gasteiger partial charge < -0.3 is 15.2 Å². The quantitative estimate of drug-likeness (QED) is 0.887. The van der Waals surface area contributed by atoms with Gasteiger partial charge in [0.25, 0.3) is 5.91 Å². The number of aliphatic hydroxyl groups excluding tert-OH is 1. The van der Waals surface area contributed by atoms with Gasteiger partial charge in [0.1, 0.15) is 5.75 Å². The number of amides is 1. The first-order valence-electron chi connectivity index (χ1n) is 6.87. The van der Waals surface area contributed by atoms with Crippen molar-refractivity contribution in [1.29, 1.82) is 0 Å². The van der Waals surface area contributed by atoms with Gasteiger partial charge in [0.15, 0.2) is 6.10 Å². The van der Waals surface area contributed by atoms with E-state index in [1.165, 1.54) is 0 Å². The van der Waals surface area contributed by atoms with Crippen molar-refractivity contribution in [2.45, 2.75) is 26.1 Å². The Morgan fingerprint density at radius 2 is 1.81 bits per heavy atom. The third-order valence-corrected chi connectivity index (χ3v) is 3.06. The van der Waals surface area contributed by atoms with Crippen molar-refractivity contribution in [2.24, 2.45) is 0 Å². The summed E-state index contributed by atoms with van der Waals surface area (Å²) >= 11 is 0. The molecule has 0 fully saturated rings. The van der Waals surface area contributed by atoms with Crippen LogP contribution in [0.15, 0.2) is 54.6 Å². The van der Waals surface area contributed by atoms with Gasteiger partial charge >= 0.3 is 0 Å². The Bertz CT molecular complexity index is 596. The molecular weight excluding hydrogens is 266 g/mol. The van der Waals surface area contributed by atoms with Gasteiger partial charge in [0.2, 0.25) is 0 Å². The molecule has 0 saturated carbocycles. The number of ether oxygens (including phenoxy) is 1. The van der Waals surface area contributed by atoms with Crippen LogP contribution in [0.5, 0.6) is 5.75 Å². The van der Waals surface area contributed by atoms with Gasteiger partial charge in [-0.3, -0.25) is 4.79 Å². The van der Waals surface area contributed by atoms with E-state index in [9.17, 15) is 9.90 Å². The molecule has 2 aromatic carbocycles. The number of benzene rings is 2. The van der Waals surface area contributed by atoms with Crippen molar-refractivity contribution < 1.29 is 14.6 Å². The zero-order chi connectivity index (χ0) is 15.2. The van der Waals surface area contributed by atoms with Crippen LogP contribution < -0.4 is 10.1 Å². The number of carbonyl (C=O) groups is 1. The van der Waals surface area contributed by atoms with Crippen LogP contribution in [0.25, 0.3) is 0 Å². The molecule has 4 nitrogen and oxygen atoms in total. The van der Waals surface area contributed by atoms with Gasteiger partial charge in [-0.15, -0.1) is 0 Å². The number of aliphatic hydroxyl groups is 1. The molecule has 21 heavy (non-hydrogen) atoms. The molecule has 0 saturated heterocycles. The number of hydrogen-bond acceptors (Lipinski definition) is 3. The van der Waals surface area contributed by atoms with E-state index in [0.717, 1.165) is 11.3 Å². The molecule has 1 amide bonds. The lowest BCUT2D eigenvalue weighted by molar-refractivity contribution is -0.122. The first-order valence-corrected chi connectivity index (χ1v) is 6.87. The lowest BCUT2D eigenvalue weighted by Gasteiger charge is -2.16. The largest absolute Gasteiger partial charge is 0.481 e. The lowest BCUT2D eigenvalue weighted by atomic mass is 10.1. The van der Waals surface area contributed by atoms with E-state index in [4.69, 9.17) is 4.74 Å². The molecule has 2 unspecified atom stereocenters. The maximum atomic E-state index is 12.1. The van der Waals surface area contributed by atoms with Gasteiger partial charge in [-0.2, -0.15) is 0 Å². The third kappa shape index (κ3) is 4.33. The summed E-state index contributed by atoms with van der Waals surface area (Å²) in [6, 6.07) is 16.3. The van der Waals surface area contributed by atoms with Crippen LogP contribution in [0.2, 0.25) is 0 Å². The monoisotopic (exact) mass is 285 g/mol. The minimum Gasteiger partial charge on any atom is -0.481 e. The molecule has 0 aliphatic rings. The summed E-state index contributed by atoms with van der Waals surface area (Å²) in [4.78, 5) is 12.1. The summed E-state index contributed by atoms with van der Waals surface area (Å²) in [5.74, 6) is 0.341. The van der Waals surface area contributed by atoms with Crippen molar-refractivity contribution in [2.75, 3.05) is 5.32 Å². The van der Waals surface area contributed by atoms with Gasteiger partial charge in [-0.1, -0.05) is 30.3 Å². The number of para-hydroxylation sites is 1. The number of carbonyl (C=O) groups excluding carboxylic acids is 1. The second-order valence-corrected chi connectivity index (χ2v) is 4.86. The van der Waals surface area contributed by atoms with Crippen molar-refractivity contribution in [1.82, 2.24) is 0 Å². The fourth-order valence-electron chi connectivity index (χ4n) is 1.87. The molecule has 0 bridgehead atoms. The summed E-state index contributed by atoms with van der Waals surface area (Å²) in [6.45, 7) is 3.37. The van der Waals surface area contributed by atoms with E-state index in [1.54, 1.807) is 32.0 Å². The van der Waals surface area contributed by atoms with Gasteiger partial charge in [0, 0.05) is 5.69 Å². The van der Waals surface area contributed by atoms with E-state index < -0.39 is 12.2 Å². The second-order valence-electron chi connectivity index (χ2n) is 4.86. The van der Waals surface area contributed by atoms with E-state index >= 15 is 0 Å².